The van der Waals surface area contributed by atoms with Gasteiger partial charge in [-0.15, -0.1) is 10.2 Å². The molecule has 4 rings (SSSR count). The standard InChI is InChI=1S/C19H23FN4O2S/c1-13-11-16(18(25)26-13)27-19-22-21-17(12-23-9-3-2-4-10-23)24(19)15-7-5-14(20)6-8-15/h5-8,13,16H,2-4,9-12H2,1H3/t13-,16-/m0/s1. The van der Waals surface area contributed by atoms with Crippen molar-refractivity contribution < 1.29 is 13.9 Å². The SMILES string of the molecule is C[C@H]1C[C@H](Sc2nnc(CN3CCCCC3)n2-c2ccc(F)cc2)C(=O)O1. The lowest BCUT2D eigenvalue weighted by Gasteiger charge is -2.26. The zero-order valence-corrected chi connectivity index (χ0v) is 16.1. The molecule has 27 heavy (non-hydrogen) atoms. The highest BCUT2D eigenvalue weighted by molar-refractivity contribution is 8.00. The molecule has 2 aliphatic heterocycles. The van der Waals surface area contributed by atoms with Crippen LogP contribution in [0, 0.1) is 5.82 Å². The van der Waals surface area contributed by atoms with Crippen molar-refractivity contribution in [1.29, 1.82) is 0 Å². The first-order chi connectivity index (χ1) is 13.1. The highest BCUT2D eigenvalue weighted by Gasteiger charge is 2.34. The number of carbonyl (C=O) groups excluding carboxylic acids is 1. The highest BCUT2D eigenvalue weighted by atomic mass is 32.2. The maximum Gasteiger partial charge on any atom is 0.319 e. The first-order valence-corrected chi connectivity index (χ1v) is 10.3. The molecule has 1 aromatic heterocycles. The van der Waals surface area contributed by atoms with Gasteiger partial charge in [0.1, 0.15) is 17.2 Å². The number of piperidine rings is 1. The lowest BCUT2D eigenvalue weighted by Crippen LogP contribution is -2.30. The van der Waals surface area contributed by atoms with Crippen LogP contribution in [0.3, 0.4) is 0 Å². The minimum absolute atomic E-state index is 0.0787. The van der Waals surface area contributed by atoms with Crippen LogP contribution < -0.4 is 0 Å². The number of thioether (sulfide) groups is 1. The number of carbonyl (C=O) groups is 1. The molecule has 2 fully saturated rings. The summed E-state index contributed by atoms with van der Waals surface area (Å²) in [6.07, 6.45) is 4.23. The van der Waals surface area contributed by atoms with E-state index < -0.39 is 0 Å². The molecule has 6 nitrogen and oxygen atoms in total. The average molecular weight is 390 g/mol. The Balaban J connectivity index is 1.63. The van der Waals surface area contributed by atoms with Crippen molar-refractivity contribution in [2.24, 2.45) is 0 Å². The van der Waals surface area contributed by atoms with Crippen molar-refractivity contribution in [2.75, 3.05) is 13.1 Å². The van der Waals surface area contributed by atoms with Gasteiger partial charge in [-0.25, -0.2) is 4.39 Å². The van der Waals surface area contributed by atoms with Gasteiger partial charge < -0.3 is 4.74 Å². The zero-order valence-electron chi connectivity index (χ0n) is 15.3. The lowest BCUT2D eigenvalue weighted by molar-refractivity contribution is -0.140. The van der Waals surface area contributed by atoms with Crippen molar-refractivity contribution in [2.45, 2.75) is 55.7 Å². The monoisotopic (exact) mass is 390 g/mol. The fraction of sp³-hybridized carbons (Fsp3) is 0.526. The molecule has 0 saturated carbocycles. The molecule has 0 amide bonds. The number of ether oxygens (including phenoxy) is 1. The van der Waals surface area contributed by atoms with Crippen molar-refractivity contribution in [3.05, 3.63) is 35.9 Å². The number of likely N-dealkylation sites (tertiary alicyclic amines) is 1. The number of aromatic nitrogens is 3. The van der Waals surface area contributed by atoms with Crippen LogP contribution in [-0.4, -0.2) is 50.1 Å². The van der Waals surface area contributed by atoms with E-state index in [0.29, 0.717) is 18.1 Å². The van der Waals surface area contributed by atoms with Gasteiger partial charge in [-0.2, -0.15) is 0 Å². The molecule has 1 aromatic carbocycles. The smallest absolute Gasteiger partial charge is 0.319 e. The molecule has 2 saturated heterocycles. The molecule has 0 aliphatic carbocycles. The maximum atomic E-state index is 13.4. The van der Waals surface area contributed by atoms with Crippen molar-refractivity contribution in [3.8, 4) is 5.69 Å². The quantitative estimate of drug-likeness (QED) is 0.731. The Bertz CT molecular complexity index is 805. The van der Waals surface area contributed by atoms with Crippen molar-refractivity contribution in [3.63, 3.8) is 0 Å². The van der Waals surface area contributed by atoms with Crippen LogP contribution in [0.1, 0.15) is 38.4 Å². The summed E-state index contributed by atoms with van der Waals surface area (Å²) < 4.78 is 20.6. The van der Waals surface area contributed by atoms with Gasteiger partial charge in [-0.05, 0) is 57.1 Å². The summed E-state index contributed by atoms with van der Waals surface area (Å²) in [6.45, 7) is 4.68. The predicted molar refractivity (Wildman–Crippen MR) is 100 cm³/mol. The third kappa shape index (κ3) is 4.16. The summed E-state index contributed by atoms with van der Waals surface area (Å²) >= 11 is 1.37. The second kappa shape index (κ2) is 7.98. The molecule has 8 heteroatoms. The summed E-state index contributed by atoms with van der Waals surface area (Å²) in [4.78, 5) is 14.4. The molecule has 0 spiro atoms. The van der Waals surface area contributed by atoms with Crippen LogP contribution in [0.5, 0.6) is 0 Å². The van der Waals surface area contributed by atoms with Crippen LogP contribution in [0.2, 0.25) is 0 Å². The lowest BCUT2D eigenvalue weighted by atomic mass is 10.1. The zero-order chi connectivity index (χ0) is 18.8. The Morgan fingerprint density at radius 2 is 1.93 bits per heavy atom. The van der Waals surface area contributed by atoms with E-state index in [1.807, 2.05) is 11.5 Å². The van der Waals surface area contributed by atoms with Crippen LogP contribution >= 0.6 is 11.8 Å². The Labute approximate surface area is 162 Å². The summed E-state index contributed by atoms with van der Waals surface area (Å²) in [7, 11) is 0. The largest absolute Gasteiger partial charge is 0.462 e. The fourth-order valence-corrected chi connectivity index (χ4v) is 4.77. The molecule has 3 heterocycles. The Morgan fingerprint density at radius 1 is 1.19 bits per heavy atom. The maximum absolute atomic E-state index is 13.4. The van der Waals surface area contributed by atoms with E-state index in [2.05, 4.69) is 15.1 Å². The Hall–Kier alpha value is -1.93. The van der Waals surface area contributed by atoms with Crippen molar-refractivity contribution >= 4 is 17.7 Å². The predicted octanol–water partition coefficient (Wildman–Crippen LogP) is 3.19. The first kappa shape index (κ1) is 18.4. The highest BCUT2D eigenvalue weighted by Crippen LogP contribution is 2.33. The molecule has 144 valence electrons. The molecule has 2 aromatic rings. The normalized spacial score (nSPS) is 23.6. The van der Waals surface area contributed by atoms with E-state index >= 15 is 0 Å². The number of rotatable bonds is 5. The first-order valence-electron chi connectivity index (χ1n) is 9.40. The van der Waals surface area contributed by atoms with E-state index in [1.54, 1.807) is 12.1 Å². The number of benzene rings is 1. The average Bonchev–Trinajstić information content (AvgIpc) is 3.19. The van der Waals surface area contributed by atoms with Crippen molar-refractivity contribution in [1.82, 2.24) is 19.7 Å². The third-order valence-corrected chi connectivity index (χ3v) is 6.12. The molecule has 0 radical (unpaired) electrons. The number of nitrogens with zero attached hydrogens (tertiary/aromatic N) is 4. The summed E-state index contributed by atoms with van der Waals surface area (Å²) in [6, 6.07) is 6.30. The van der Waals surface area contributed by atoms with E-state index in [9.17, 15) is 9.18 Å². The van der Waals surface area contributed by atoms with Gasteiger partial charge in [-0.3, -0.25) is 14.3 Å². The van der Waals surface area contributed by atoms with Gasteiger partial charge in [0, 0.05) is 12.1 Å². The Kier molecular flexibility index (Phi) is 5.45. The van der Waals surface area contributed by atoms with Gasteiger partial charge in [0.2, 0.25) is 0 Å². The van der Waals surface area contributed by atoms with E-state index in [4.69, 9.17) is 4.74 Å². The minimum Gasteiger partial charge on any atom is -0.462 e. The van der Waals surface area contributed by atoms with Gasteiger partial charge in [0.05, 0.1) is 6.54 Å². The van der Waals surface area contributed by atoms with Gasteiger partial charge in [0.25, 0.3) is 0 Å². The summed E-state index contributed by atoms with van der Waals surface area (Å²) in [5, 5.41) is 9.11. The third-order valence-electron chi connectivity index (χ3n) is 4.97. The number of hydrogen-bond acceptors (Lipinski definition) is 6. The van der Waals surface area contributed by atoms with E-state index in [1.165, 1.54) is 43.2 Å². The molecule has 0 bridgehead atoms. The van der Waals surface area contributed by atoms with E-state index in [0.717, 1.165) is 24.6 Å². The van der Waals surface area contributed by atoms with Crippen LogP contribution in [0.25, 0.3) is 5.69 Å². The molecule has 2 aliphatic rings. The molecular formula is C19H23FN4O2S. The number of halogens is 1. The molecular weight excluding hydrogens is 367 g/mol. The molecule has 0 N–H and O–H groups in total. The molecule has 2 atom stereocenters. The number of hydrogen-bond donors (Lipinski definition) is 0. The van der Waals surface area contributed by atoms with E-state index in [-0.39, 0.29) is 23.1 Å². The summed E-state index contributed by atoms with van der Waals surface area (Å²) in [5.41, 5.74) is 0.801. The minimum atomic E-state index is -0.286. The molecule has 0 unspecified atom stereocenters. The van der Waals surface area contributed by atoms with Crippen LogP contribution in [0.4, 0.5) is 4.39 Å². The van der Waals surface area contributed by atoms with Gasteiger partial charge >= 0.3 is 5.97 Å². The van der Waals surface area contributed by atoms with Crippen LogP contribution in [0.15, 0.2) is 29.4 Å². The van der Waals surface area contributed by atoms with Gasteiger partial charge in [-0.1, -0.05) is 18.2 Å². The topological polar surface area (TPSA) is 60.2 Å². The summed E-state index contributed by atoms with van der Waals surface area (Å²) in [5.74, 6) is 0.316. The number of esters is 1. The second-order valence-corrected chi connectivity index (χ2v) is 8.31. The number of cyclic esters (lactones) is 1. The van der Waals surface area contributed by atoms with Gasteiger partial charge in [0.15, 0.2) is 11.0 Å². The fourth-order valence-electron chi connectivity index (χ4n) is 3.59. The van der Waals surface area contributed by atoms with Crippen LogP contribution in [-0.2, 0) is 16.1 Å². The second-order valence-electron chi connectivity index (χ2n) is 7.14. The Morgan fingerprint density at radius 3 is 2.59 bits per heavy atom.